The van der Waals surface area contributed by atoms with E-state index in [9.17, 15) is 9.59 Å². The van der Waals surface area contributed by atoms with Crippen LogP contribution < -0.4 is 10.6 Å². The largest absolute Gasteiger partial charge is 0.325 e. The first kappa shape index (κ1) is 17.8. The molecule has 2 saturated carbocycles. The summed E-state index contributed by atoms with van der Waals surface area (Å²) in [7, 11) is 0. The Morgan fingerprint density at radius 1 is 1.00 bits per heavy atom. The fourth-order valence-corrected chi connectivity index (χ4v) is 4.78. The van der Waals surface area contributed by atoms with E-state index in [1.54, 1.807) is 12.1 Å². The number of carbonyl (C=O) groups excluding carboxylic acids is 2. The maximum Gasteiger partial charge on any atom is 0.257 e. The number of benzene rings is 2. The number of rotatable bonds is 5. The van der Waals surface area contributed by atoms with Gasteiger partial charge < -0.3 is 10.6 Å². The zero-order chi connectivity index (χ0) is 18.8. The smallest absolute Gasteiger partial charge is 0.257 e. The highest BCUT2D eigenvalue weighted by Gasteiger charge is 2.40. The van der Waals surface area contributed by atoms with E-state index < -0.39 is 0 Å². The van der Waals surface area contributed by atoms with Crippen molar-refractivity contribution in [3.8, 4) is 0 Å². The molecule has 4 heteroatoms. The highest BCUT2D eigenvalue weighted by atomic mass is 16.2. The highest BCUT2D eigenvalue weighted by Crippen LogP contribution is 2.49. The molecule has 2 aromatic rings. The Morgan fingerprint density at radius 3 is 2.59 bits per heavy atom. The molecule has 2 bridgehead atoms. The van der Waals surface area contributed by atoms with Gasteiger partial charge in [0.15, 0.2) is 0 Å². The second-order valence-corrected chi connectivity index (χ2v) is 8.06. The van der Waals surface area contributed by atoms with Gasteiger partial charge in [0.05, 0.1) is 11.3 Å². The zero-order valence-corrected chi connectivity index (χ0v) is 15.7. The van der Waals surface area contributed by atoms with Crippen LogP contribution in [0.5, 0.6) is 0 Å². The van der Waals surface area contributed by atoms with Crippen LogP contribution in [0.2, 0.25) is 0 Å². The van der Waals surface area contributed by atoms with Gasteiger partial charge in [-0.05, 0) is 73.8 Å². The second kappa shape index (κ2) is 7.55. The monoisotopic (exact) mass is 362 g/mol. The minimum atomic E-state index is -0.212. The van der Waals surface area contributed by atoms with Crippen LogP contribution in [0.3, 0.4) is 0 Å². The van der Waals surface area contributed by atoms with Crippen molar-refractivity contribution < 1.29 is 9.59 Å². The number of fused-ring (bicyclic) bond motifs is 2. The quantitative estimate of drug-likeness (QED) is 0.785. The molecule has 2 aliphatic rings. The van der Waals surface area contributed by atoms with Crippen LogP contribution in [0.1, 0.15) is 48.0 Å². The predicted molar refractivity (Wildman–Crippen MR) is 108 cm³/mol. The molecule has 0 heterocycles. The summed E-state index contributed by atoms with van der Waals surface area (Å²) in [5, 5.41) is 5.89. The lowest BCUT2D eigenvalue weighted by molar-refractivity contribution is -0.117. The molecule has 0 aliphatic heterocycles. The van der Waals surface area contributed by atoms with Crippen LogP contribution in [0, 0.1) is 24.7 Å². The molecule has 27 heavy (non-hydrogen) atoms. The summed E-state index contributed by atoms with van der Waals surface area (Å²) in [5.74, 6) is 1.87. The van der Waals surface area contributed by atoms with Gasteiger partial charge in [-0.2, -0.15) is 0 Å². The van der Waals surface area contributed by atoms with Crippen molar-refractivity contribution in [1.29, 1.82) is 0 Å². The molecule has 0 radical (unpaired) electrons. The van der Waals surface area contributed by atoms with Crippen LogP contribution in [-0.2, 0) is 4.79 Å². The van der Waals surface area contributed by atoms with E-state index in [4.69, 9.17) is 0 Å². The molecule has 4 rings (SSSR count). The van der Waals surface area contributed by atoms with Gasteiger partial charge in [0.1, 0.15) is 0 Å². The average Bonchev–Trinajstić information content (AvgIpc) is 3.25. The number of para-hydroxylation sites is 1. The molecule has 2 aliphatic carbocycles. The SMILES string of the molecule is Cc1cccc(NC(=O)c2ccccc2NC(=O)C[C@H]2C[C@H]3CC[C@H]2C3)c1. The van der Waals surface area contributed by atoms with E-state index >= 15 is 0 Å². The number of carbonyl (C=O) groups is 2. The van der Waals surface area contributed by atoms with E-state index in [0.29, 0.717) is 23.6 Å². The van der Waals surface area contributed by atoms with E-state index in [2.05, 4.69) is 10.6 Å². The summed E-state index contributed by atoms with van der Waals surface area (Å²) in [6, 6.07) is 14.9. The average molecular weight is 362 g/mol. The molecule has 0 unspecified atom stereocenters. The summed E-state index contributed by atoms with van der Waals surface area (Å²) in [6.07, 6.45) is 5.67. The van der Waals surface area contributed by atoms with Gasteiger partial charge in [-0.3, -0.25) is 9.59 Å². The Morgan fingerprint density at radius 2 is 1.85 bits per heavy atom. The number of aryl methyl sites for hydroxylation is 1. The van der Waals surface area contributed by atoms with Gasteiger partial charge in [0, 0.05) is 12.1 Å². The first-order valence-corrected chi connectivity index (χ1v) is 9.85. The van der Waals surface area contributed by atoms with E-state index in [0.717, 1.165) is 23.1 Å². The summed E-state index contributed by atoms with van der Waals surface area (Å²) in [4.78, 5) is 25.3. The van der Waals surface area contributed by atoms with Crippen molar-refractivity contribution in [1.82, 2.24) is 0 Å². The highest BCUT2D eigenvalue weighted by molar-refractivity contribution is 6.10. The number of nitrogens with one attached hydrogen (secondary N) is 2. The molecule has 0 saturated heterocycles. The van der Waals surface area contributed by atoms with E-state index in [1.807, 2.05) is 43.3 Å². The number of anilines is 2. The Hall–Kier alpha value is -2.62. The Kier molecular flexibility index (Phi) is 4.97. The molecule has 2 aromatic carbocycles. The third-order valence-electron chi connectivity index (χ3n) is 6.05. The maximum absolute atomic E-state index is 12.7. The van der Waals surface area contributed by atoms with E-state index in [1.165, 1.54) is 25.7 Å². The van der Waals surface area contributed by atoms with Crippen molar-refractivity contribution in [2.24, 2.45) is 17.8 Å². The number of hydrogen-bond acceptors (Lipinski definition) is 2. The van der Waals surface area contributed by atoms with Crippen molar-refractivity contribution >= 4 is 23.2 Å². The van der Waals surface area contributed by atoms with E-state index in [-0.39, 0.29) is 11.8 Å². The number of amides is 2. The molecule has 2 N–H and O–H groups in total. The van der Waals surface area contributed by atoms with Crippen molar-refractivity contribution in [3.63, 3.8) is 0 Å². The Balaban J connectivity index is 1.42. The lowest BCUT2D eigenvalue weighted by Crippen LogP contribution is -2.22. The minimum Gasteiger partial charge on any atom is -0.325 e. The molecule has 140 valence electrons. The Labute approximate surface area is 160 Å². The molecule has 0 aromatic heterocycles. The lowest BCUT2D eigenvalue weighted by atomic mass is 9.86. The molecular formula is C23H26N2O2. The zero-order valence-electron chi connectivity index (χ0n) is 15.7. The lowest BCUT2D eigenvalue weighted by Gasteiger charge is -2.21. The fourth-order valence-electron chi connectivity index (χ4n) is 4.78. The minimum absolute atomic E-state index is 0.0170. The normalized spacial score (nSPS) is 23.2. The van der Waals surface area contributed by atoms with Gasteiger partial charge in [-0.25, -0.2) is 0 Å². The van der Waals surface area contributed by atoms with Gasteiger partial charge in [0.25, 0.3) is 5.91 Å². The third-order valence-corrected chi connectivity index (χ3v) is 6.05. The molecule has 2 fully saturated rings. The topological polar surface area (TPSA) is 58.2 Å². The molecular weight excluding hydrogens is 336 g/mol. The molecule has 4 nitrogen and oxygen atoms in total. The first-order valence-electron chi connectivity index (χ1n) is 9.85. The van der Waals surface area contributed by atoms with Gasteiger partial charge in [-0.1, -0.05) is 30.7 Å². The molecule has 0 spiro atoms. The van der Waals surface area contributed by atoms with Crippen LogP contribution >= 0.6 is 0 Å². The maximum atomic E-state index is 12.7. The third kappa shape index (κ3) is 4.05. The van der Waals surface area contributed by atoms with Crippen molar-refractivity contribution in [2.45, 2.75) is 39.0 Å². The van der Waals surface area contributed by atoms with Crippen LogP contribution in [0.15, 0.2) is 48.5 Å². The Bertz CT molecular complexity index is 861. The molecule has 3 atom stereocenters. The van der Waals surface area contributed by atoms with Crippen LogP contribution in [0.25, 0.3) is 0 Å². The van der Waals surface area contributed by atoms with Crippen LogP contribution in [-0.4, -0.2) is 11.8 Å². The van der Waals surface area contributed by atoms with Gasteiger partial charge >= 0.3 is 0 Å². The summed E-state index contributed by atoms with van der Waals surface area (Å²) >= 11 is 0. The molecule has 2 amide bonds. The van der Waals surface area contributed by atoms with Crippen molar-refractivity contribution in [3.05, 3.63) is 59.7 Å². The van der Waals surface area contributed by atoms with Crippen molar-refractivity contribution in [2.75, 3.05) is 10.6 Å². The first-order chi connectivity index (χ1) is 13.1. The standard InChI is InChI=1S/C23H26N2O2/c1-15-5-4-6-19(11-15)24-23(27)20-7-2-3-8-21(20)25-22(26)14-18-13-16-9-10-17(18)12-16/h2-8,11,16-18H,9-10,12-14H2,1H3,(H,24,27)(H,25,26)/t16-,17-,18+/m0/s1. The van der Waals surface area contributed by atoms with Crippen LogP contribution in [0.4, 0.5) is 11.4 Å². The summed E-state index contributed by atoms with van der Waals surface area (Å²) in [6.45, 7) is 1.99. The second-order valence-electron chi connectivity index (χ2n) is 8.06. The van der Waals surface area contributed by atoms with Gasteiger partial charge in [0.2, 0.25) is 5.91 Å². The number of hydrogen-bond donors (Lipinski definition) is 2. The fraction of sp³-hybridized carbons (Fsp3) is 0.391. The van der Waals surface area contributed by atoms with Gasteiger partial charge in [-0.15, -0.1) is 0 Å². The summed E-state index contributed by atoms with van der Waals surface area (Å²) in [5.41, 5.74) is 2.90. The summed E-state index contributed by atoms with van der Waals surface area (Å²) < 4.78 is 0. The predicted octanol–water partition coefficient (Wildman–Crippen LogP) is 5.01.